The number of hydrogen-bond donors (Lipinski definition) is 6. The molecular weight excluding hydrogens is 500 g/mol. The second-order valence-corrected chi connectivity index (χ2v) is 10.0. The molecule has 1 aromatic rings. The van der Waals surface area contributed by atoms with Gasteiger partial charge in [0.2, 0.25) is 17.4 Å². The van der Waals surface area contributed by atoms with Crippen LogP contribution in [0.1, 0.15) is 12.2 Å². The highest BCUT2D eigenvalue weighted by molar-refractivity contribution is 8.00. The first kappa shape index (κ1) is 23.3. The molecule has 0 aromatic carbocycles. The van der Waals surface area contributed by atoms with Gasteiger partial charge in [0.25, 0.3) is 11.8 Å². The van der Waals surface area contributed by atoms with E-state index in [1.807, 2.05) is 0 Å². The molecule has 16 heteroatoms. The van der Waals surface area contributed by atoms with Crippen molar-refractivity contribution in [2.24, 2.45) is 11.1 Å². The zero-order valence-electron chi connectivity index (χ0n) is 18.0. The second-order valence-electron chi connectivity index (χ2n) is 8.15. The number of carbonyl (C=O) groups excluding carboxylic acids is 3. The predicted molar refractivity (Wildman–Crippen MR) is 123 cm³/mol. The number of rotatable bonds is 6. The van der Waals surface area contributed by atoms with E-state index < -0.39 is 34.9 Å². The summed E-state index contributed by atoms with van der Waals surface area (Å²) in [4.78, 5) is 55.4. The number of thioether (sulfide) groups is 1. The number of carbonyl (C=O) groups is 4. The van der Waals surface area contributed by atoms with Crippen molar-refractivity contribution in [3.8, 4) is 0 Å². The van der Waals surface area contributed by atoms with Crippen molar-refractivity contribution in [1.29, 1.82) is 0 Å². The number of nitrogens with two attached hydrogens (primary N) is 1. The van der Waals surface area contributed by atoms with E-state index in [4.69, 9.17) is 5.73 Å². The number of fused-ring (bicyclic) bond motifs is 1. The summed E-state index contributed by atoms with van der Waals surface area (Å²) in [6.07, 6.45) is 0.486. The molecule has 0 saturated carbocycles. The van der Waals surface area contributed by atoms with E-state index in [1.54, 1.807) is 0 Å². The smallest absolute Gasteiger partial charge is 0.352 e. The largest absolute Gasteiger partial charge is 0.477 e. The molecule has 0 radical (unpaired) electrons. The maximum Gasteiger partial charge on any atom is 0.352 e. The lowest BCUT2D eigenvalue weighted by atomic mass is 9.82. The van der Waals surface area contributed by atoms with Gasteiger partial charge in [0.15, 0.2) is 5.13 Å². The third kappa shape index (κ3) is 3.82. The van der Waals surface area contributed by atoms with Crippen molar-refractivity contribution < 1.29 is 29.5 Å². The molecule has 0 spiro atoms. The molecule has 1 aromatic heterocycles. The molecule has 0 bridgehead atoms. The number of oxime groups is 1. The topological polar surface area (TPSA) is 212 Å². The van der Waals surface area contributed by atoms with Gasteiger partial charge in [0.05, 0.1) is 0 Å². The number of nitrogen functional groups attached to an aromatic ring is 1. The standard InChI is InChI=1S/C19H20N8O6S2/c20-19-24-13(26-35-19)10(25-33)15(29)23-11-16(30)27-12(18(31)32)8(5-34-17(11)27)9(6-3-21-4-6)7-1-2-22-14(7)28/h6,11,17,21,33H,1-5H2,(H,22,28)(H,23,29)(H,31,32)(H2,20,24,26)/t11-,17-/m1/s1. The highest BCUT2D eigenvalue weighted by atomic mass is 32.2. The van der Waals surface area contributed by atoms with Crippen LogP contribution in [-0.2, 0) is 19.2 Å². The average molecular weight is 521 g/mol. The summed E-state index contributed by atoms with van der Waals surface area (Å²) in [6, 6.07) is -1.05. The van der Waals surface area contributed by atoms with Crippen LogP contribution in [0.5, 0.6) is 0 Å². The first-order chi connectivity index (χ1) is 16.8. The van der Waals surface area contributed by atoms with Gasteiger partial charge < -0.3 is 32.0 Å². The van der Waals surface area contributed by atoms with Crippen molar-refractivity contribution in [2.45, 2.75) is 17.8 Å². The van der Waals surface area contributed by atoms with Crippen molar-refractivity contribution in [3.05, 3.63) is 28.2 Å². The Morgan fingerprint density at radius 1 is 1.29 bits per heavy atom. The van der Waals surface area contributed by atoms with Crippen molar-refractivity contribution >= 4 is 57.8 Å². The van der Waals surface area contributed by atoms with E-state index in [2.05, 4.69) is 30.5 Å². The molecule has 5 heterocycles. The van der Waals surface area contributed by atoms with Crippen LogP contribution in [0.15, 0.2) is 27.6 Å². The van der Waals surface area contributed by atoms with Crippen molar-refractivity contribution in [3.63, 3.8) is 0 Å². The van der Waals surface area contributed by atoms with Gasteiger partial charge >= 0.3 is 5.97 Å². The molecule has 0 aliphatic carbocycles. The third-order valence-corrected chi connectivity index (χ3v) is 8.02. The van der Waals surface area contributed by atoms with Gasteiger partial charge in [-0.2, -0.15) is 9.36 Å². The van der Waals surface area contributed by atoms with E-state index in [1.165, 1.54) is 11.8 Å². The van der Waals surface area contributed by atoms with Crippen LogP contribution in [0.25, 0.3) is 0 Å². The van der Waals surface area contributed by atoms with Crippen LogP contribution in [-0.4, -0.2) is 90.8 Å². The Morgan fingerprint density at radius 2 is 2.06 bits per heavy atom. The minimum absolute atomic E-state index is 0.0244. The lowest BCUT2D eigenvalue weighted by molar-refractivity contribution is -0.150. The highest BCUT2D eigenvalue weighted by Gasteiger charge is 2.55. The summed E-state index contributed by atoms with van der Waals surface area (Å²) < 4.78 is 3.82. The summed E-state index contributed by atoms with van der Waals surface area (Å²) in [5, 5.41) is 30.0. The van der Waals surface area contributed by atoms with Gasteiger partial charge in [-0.05, 0) is 17.6 Å². The van der Waals surface area contributed by atoms with Gasteiger partial charge in [-0.1, -0.05) is 5.16 Å². The molecular formula is C19H20N8O6S2. The number of carboxylic acid groups (broad SMARTS) is 1. The summed E-state index contributed by atoms with van der Waals surface area (Å²) in [5.41, 5.74) is 6.51. The quantitative estimate of drug-likeness (QED) is 0.0799. The fourth-order valence-corrected chi connectivity index (χ4v) is 6.30. The molecule has 4 aliphatic rings. The lowest BCUT2D eigenvalue weighted by Crippen LogP contribution is -2.71. The lowest BCUT2D eigenvalue weighted by Gasteiger charge is -2.50. The normalized spacial score (nSPS) is 26.1. The number of nitrogens with zero attached hydrogens (tertiary/aromatic N) is 4. The summed E-state index contributed by atoms with van der Waals surface area (Å²) >= 11 is 2.09. The number of aliphatic carboxylic acids is 1. The SMILES string of the molecule is Nc1nc(C(=NO)C(=O)N[C@@H]2C(=O)N3C(C(=O)O)=C(C(=C4CCNC4=O)C4CNC4)CS[C@H]23)ns1. The summed E-state index contributed by atoms with van der Waals surface area (Å²) in [5.74, 6) is -3.00. The Kier molecular flexibility index (Phi) is 5.94. The van der Waals surface area contributed by atoms with E-state index in [-0.39, 0.29) is 34.2 Å². The monoisotopic (exact) mass is 520 g/mol. The number of anilines is 1. The molecule has 4 aliphatic heterocycles. The Balaban J connectivity index is 1.43. The van der Waals surface area contributed by atoms with E-state index in [0.29, 0.717) is 42.8 Å². The molecule has 0 unspecified atom stereocenters. The predicted octanol–water partition coefficient (Wildman–Crippen LogP) is -1.93. The van der Waals surface area contributed by atoms with Crippen LogP contribution in [0.4, 0.5) is 5.13 Å². The molecule has 3 fully saturated rings. The van der Waals surface area contributed by atoms with Crippen LogP contribution >= 0.6 is 23.3 Å². The fourth-order valence-electron chi connectivity index (χ4n) is 4.50. The molecule has 2 atom stereocenters. The molecule has 14 nitrogen and oxygen atoms in total. The van der Waals surface area contributed by atoms with Gasteiger partial charge in [-0.15, -0.1) is 11.8 Å². The number of aromatic nitrogens is 2. The maximum absolute atomic E-state index is 13.0. The molecule has 5 rings (SSSR count). The van der Waals surface area contributed by atoms with Gasteiger partial charge in [-0.3, -0.25) is 19.3 Å². The molecule has 35 heavy (non-hydrogen) atoms. The Labute approximate surface area is 205 Å². The molecule has 3 amide bonds. The van der Waals surface area contributed by atoms with Crippen molar-refractivity contribution in [1.82, 2.24) is 30.2 Å². The van der Waals surface area contributed by atoms with Gasteiger partial charge in [-0.25, -0.2) is 4.79 Å². The van der Waals surface area contributed by atoms with E-state index in [9.17, 15) is 29.5 Å². The number of hydrogen-bond acceptors (Lipinski definition) is 12. The van der Waals surface area contributed by atoms with Crippen LogP contribution in [0.3, 0.4) is 0 Å². The Bertz CT molecular complexity index is 1240. The van der Waals surface area contributed by atoms with Gasteiger partial charge in [0, 0.05) is 48.4 Å². The van der Waals surface area contributed by atoms with Crippen LogP contribution in [0.2, 0.25) is 0 Å². The maximum atomic E-state index is 13.0. The minimum atomic E-state index is -1.29. The van der Waals surface area contributed by atoms with E-state index in [0.717, 1.165) is 16.4 Å². The third-order valence-electron chi connectivity index (χ3n) is 6.20. The molecule has 184 valence electrons. The molecule has 3 saturated heterocycles. The minimum Gasteiger partial charge on any atom is -0.477 e. The zero-order chi connectivity index (χ0) is 24.9. The fraction of sp³-hybridized carbons (Fsp3) is 0.421. The average Bonchev–Trinajstić information content (AvgIpc) is 3.41. The van der Waals surface area contributed by atoms with Gasteiger partial charge in [0.1, 0.15) is 17.1 Å². The van der Waals surface area contributed by atoms with Crippen molar-refractivity contribution in [2.75, 3.05) is 31.1 Å². The Hall–Kier alpha value is -3.50. The van der Waals surface area contributed by atoms with Crippen LogP contribution in [0, 0.1) is 5.92 Å². The number of amides is 3. The number of β-lactam (4-membered cyclic amide) rings is 1. The highest BCUT2D eigenvalue weighted by Crippen LogP contribution is 2.45. The number of carboxylic acids is 1. The first-order valence-corrected chi connectivity index (χ1v) is 12.4. The summed E-state index contributed by atoms with van der Waals surface area (Å²) in [7, 11) is 0. The zero-order valence-corrected chi connectivity index (χ0v) is 19.6. The van der Waals surface area contributed by atoms with E-state index >= 15 is 0 Å². The Morgan fingerprint density at radius 3 is 2.60 bits per heavy atom. The summed E-state index contributed by atoms with van der Waals surface area (Å²) in [6.45, 7) is 1.71. The van der Waals surface area contributed by atoms with Crippen LogP contribution < -0.4 is 21.7 Å². The molecule has 7 N–H and O–H groups in total. The first-order valence-electron chi connectivity index (χ1n) is 10.6. The second kappa shape index (κ2) is 8.94. The number of nitrogens with one attached hydrogen (secondary N) is 3.